The molecule has 1 aliphatic heterocycles. The fourth-order valence-corrected chi connectivity index (χ4v) is 5.67. The van der Waals surface area contributed by atoms with Crippen molar-refractivity contribution in [3.63, 3.8) is 0 Å². The van der Waals surface area contributed by atoms with Crippen molar-refractivity contribution in [3.8, 4) is 0 Å². The van der Waals surface area contributed by atoms with Gasteiger partial charge in [-0.3, -0.25) is 14.5 Å². The van der Waals surface area contributed by atoms with Crippen LogP contribution in [0.1, 0.15) is 47.9 Å². The molecule has 2 aromatic carbocycles. The van der Waals surface area contributed by atoms with Crippen LogP contribution in [0.5, 0.6) is 0 Å². The Kier molecular flexibility index (Phi) is 3.54. The Hall–Kier alpha value is -2.95. The SMILES string of the molecule is CC(C)[C@@H](C(=O)O)N1C(=O)[C@@H]2C3c4ccccc4C(c4ccccc43)[C@@H]2C1=O. The molecule has 5 heteroatoms. The summed E-state index contributed by atoms with van der Waals surface area (Å²) in [6, 6.07) is 14.9. The predicted octanol–water partition coefficient (Wildman–Crippen LogP) is 2.99. The first-order valence-electron chi connectivity index (χ1n) is 9.70. The number of imide groups is 1. The molecule has 0 unspecified atom stereocenters. The Bertz CT molecular complexity index is 911. The Morgan fingerprint density at radius 2 is 1.18 bits per heavy atom. The van der Waals surface area contributed by atoms with Gasteiger partial charge in [0.15, 0.2) is 0 Å². The van der Waals surface area contributed by atoms with Crippen LogP contribution in [0.15, 0.2) is 48.5 Å². The second-order valence-corrected chi connectivity index (χ2v) is 8.34. The molecule has 2 aromatic rings. The average Bonchev–Trinajstić information content (AvgIpc) is 2.93. The van der Waals surface area contributed by atoms with Gasteiger partial charge in [0.1, 0.15) is 6.04 Å². The molecule has 1 heterocycles. The van der Waals surface area contributed by atoms with E-state index in [1.54, 1.807) is 13.8 Å². The van der Waals surface area contributed by atoms with Crippen LogP contribution >= 0.6 is 0 Å². The smallest absolute Gasteiger partial charge is 0.327 e. The van der Waals surface area contributed by atoms with E-state index in [0.29, 0.717) is 0 Å². The Morgan fingerprint density at radius 1 is 0.821 bits per heavy atom. The van der Waals surface area contributed by atoms with E-state index in [0.717, 1.165) is 27.2 Å². The second-order valence-electron chi connectivity index (χ2n) is 8.34. The third-order valence-corrected chi connectivity index (χ3v) is 6.65. The predicted molar refractivity (Wildman–Crippen MR) is 102 cm³/mol. The number of benzene rings is 2. The Balaban J connectivity index is 1.72. The molecule has 0 spiro atoms. The lowest BCUT2D eigenvalue weighted by Gasteiger charge is -2.45. The van der Waals surface area contributed by atoms with Crippen LogP contribution in [-0.2, 0) is 14.4 Å². The number of amides is 2. The minimum atomic E-state index is -1.13. The second kappa shape index (κ2) is 5.77. The molecule has 0 saturated carbocycles. The molecular formula is C23H21NO4. The van der Waals surface area contributed by atoms with Crippen molar-refractivity contribution in [2.24, 2.45) is 17.8 Å². The summed E-state index contributed by atoms with van der Waals surface area (Å²) < 4.78 is 0. The fourth-order valence-electron chi connectivity index (χ4n) is 5.67. The van der Waals surface area contributed by atoms with E-state index in [4.69, 9.17) is 0 Å². The van der Waals surface area contributed by atoms with Gasteiger partial charge in [-0.25, -0.2) is 4.79 Å². The van der Waals surface area contributed by atoms with Crippen LogP contribution in [0.4, 0.5) is 0 Å². The standard InChI is InChI=1S/C23H21NO4/c1-11(2)20(23(27)28)24-21(25)18-16-12-7-3-4-8-13(12)17(19(18)22(24)26)15-10-6-5-9-14(15)16/h3-11,16-20H,1-2H3,(H,27,28)/t16?,17?,18-,19+,20-/m0/s1. The molecule has 6 rings (SSSR count). The zero-order chi connectivity index (χ0) is 19.7. The number of carbonyl (C=O) groups excluding carboxylic acids is 2. The monoisotopic (exact) mass is 375 g/mol. The van der Waals surface area contributed by atoms with Crippen molar-refractivity contribution in [2.45, 2.75) is 31.7 Å². The van der Waals surface area contributed by atoms with E-state index in [1.807, 2.05) is 48.5 Å². The lowest BCUT2D eigenvalue weighted by molar-refractivity contribution is -0.157. The molecule has 2 amide bonds. The molecule has 28 heavy (non-hydrogen) atoms. The summed E-state index contributed by atoms with van der Waals surface area (Å²) >= 11 is 0. The molecule has 1 saturated heterocycles. The van der Waals surface area contributed by atoms with Crippen molar-refractivity contribution in [2.75, 3.05) is 0 Å². The average molecular weight is 375 g/mol. The first-order valence-corrected chi connectivity index (χ1v) is 9.70. The molecule has 1 fully saturated rings. The maximum absolute atomic E-state index is 13.5. The van der Waals surface area contributed by atoms with Gasteiger partial charge in [0.25, 0.3) is 0 Å². The molecule has 5 nitrogen and oxygen atoms in total. The van der Waals surface area contributed by atoms with Gasteiger partial charge >= 0.3 is 5.97 Å². The molecule has 142 valence electrons. The topological polar surface area (TPSA) is 74.7 Å². The number of carboxylic acids is 1. The summed E-state index contributed by atoms with van der Waals surface area (Å²) in [6.45, 7) is 3.47. The van der Waals surface area contributed by atoms with Crippen molar-refractivity contribution < 1.29 is 19.5 Å². The number of carbonyl (C=O) groups is 3. The van der Waals surface area contributed by atoms with Gasteiger partial charge in [-0.15, -0.1) is 0 Å². The van der Waals surface area contributed by atoms with E-state index in [9.17, 15) is 19.5 Å². The Labute approximate surface area is 163 Å². The van der Waals surface area contributed by atoms with Crippen molar-refractivity contribution in [1.29, 1.82) is 0 Å². The summed E-state index contributed by atoms with van der Waals surface area (Å²) in [6.07, 6.45) is 0. The van der Waals surface area contributed by atoms with Gasteiger partial charge in [0.05, 0.1) is 11.8 Å². The van der Waals surface area contributed by atoms with E-state index in [1.165, 1.54) is 0 Å². The summed E-state index contributed by atoms with van der Waals surface area (Å²) in [4.78, 5) is 39.9. The molecule has 3 aliphatic carbocycles. The highest BCUT2D eigenvalue weighted by Gasteiger charge is 2.63. The van der Waals surface area contributed by atoms with Crippen molar-refractivity contribution >= 4 is 17.8 Å². The summed E-state index contributed by atoms with van der Waals surface area (Å²) in [5.41, 5.74) is 4.36. The van der Waals surface area contributed by atoms with Gasteiger partial charge in [0.2, 0.25) is 11.8 Å². The van der Waals surface area contributed by atoms with Crippen molar-refractivity contribution in [3.05, 3.63) is 70.8 Å². The quantitative estimate of drug-likeness (QED) is 0.837. The van der Waals surface area contributed by atoms with E-state index >= 15 is 0 Å². The summed E-state index contributed by atoms with van der Waals surface area (Å²) in [5.74, 6) is -3.61. The van der Waals surface area contributed by atoms with Crippen LogP contribution in [0.25, 0.3) is 0 Å². The van der Waals surface area contributed by atoms with Crippen molar-refractivity contribution in [1.82, 2.24) is 4.90 Å². The number of aliphatic carboxylic acids is 1. The first-order chi connectivity index (χ1) is 13.4. The third-order valence-electron chi connectivity index (χ3n) is 6.65. The number of hydrogen-bond acceptors (Lipinski definition) is 3. The highest BCUT2D eigenvalue weighted by Crippen LogP contribution is 2.61. The summed E-state index contributed by atoms with van der Waals surface area (Å²) in [7, 11) is 0. The van der Waals surface area contributed by atoms with E-state index < -0.39 is 23.8 Å². The van der Waals surface area contributed by atoms with Crippen LogP contribution in [-0.4, -0.2) is 33.8 Å². The minimum Gasteiger partial charge on any atom is -0.480 e. The number of rotatable bonds is 3. The van der Waals surface area contributed by atoms with Gasteiger partial charge in [-0.2, -0.15) is 0 Å². The number of likely N-dealkylation sites (tertiary alicyclic amines) is 1. The fraction of sp³-hybridized carbons (Fsp3) is 0.348. The van der Waals surface area contributed by atoms with Crippen LogP contribution < -0.4 is 0 Å². The highest BCUT2D eigenvalue weighted by atomic mass is 16.4. The van der Waals surface area contributed by atoms with E-state index in [-0.39, 0.29) is 29.6 Å². The van der Waals surface area contributed by atoms with Gasteiger partial charge in [0, 0.05) is 11.8 Å². The van der Waals surface area contributed by atoms with Crippen LogP contribution in [0, 0.1) is 17.8 Å². The number of nitrogens with zero attached hydrogens (tertiary/aromatic N) is 1. The van der Waals surface area contributed by atoms with Gasteiger partial charge < -0.3 is 5.11 Å². The lowest BCUT2D eigenvalue weighted by atomic mass is 9.55. The molecular weight excluding hydrogens is 354 g/mol. The minimum absolute atomic E-state index is 0.203. The maximum atomic E-state index is 13.5. The zero-order valence-electron chi connectivity index (χ0n) is 15.7. The molecule has 4 aliphatic rings. The summed E-state index contributed by atoms with van der Waals surface area (Å²) in [5, 5.41) is 9.72. The molecule has 3 atom stereocenters. The number of carboxylic acid groups (broad SMARTS) is 1. The normalized spacial score (nSPS) is 28.2. The lowest BCUT2D eigenvalue weighted by Crippen LogP contribution is -2.48. The third kappa shape index (κ3) is 1.99. The molecule has 0 radical (unpaired) electrons. The molecule has 0 aromatic heterocycles. The van der Waals surface area contributed by atoms with Gasteiger partial charge in [-0.05, 0) is 28.2 Å². The molecule has 2 bridgehead atoms. The first kappa shape index (κ1) is 17.2. The molecule has 1 N–H and O–H groups in total. The van der Waals surface area contributed by atoms with Gasteiger partial charge in [-0.1, -0.05) is 62.4 Å². The van der Waals surface area contributed by atoms with Crippen LogP contribution in [0.3, 0.4) is 0 Å². The van der Waals surface area contributed by atoms with E-state index in [2.05, 4.69) is 0 Å². The van der Waals surface area contributed by atoms with Crippen LogP contribution in [0.2, 0.25) is 0 Å². The number of hydrogen-bond donors (Lipinski definition) is 1. The maximum Gasteiger partial charge on any atom is 0.327 e. The zero-order valence-corrected chi connectivity index (χ0v) is 15.7. The largest absolute Gasteiger partial charge is 0.480 e. The Morgan fingerprint density at radius 3 is 1.46 bits per heavy atom. The highest BCUT2D eigenvalue weighted by molar-refractivity contribution is 6.10.